The number of hydrazone groups is 1. The smallest absolute Gasteiger partial charge is 0.329 e. The highest BCUT2D eigenvalue weighted by molar-refractivity contribution is 6.39. The third-order valence-corrected chi connectivity index (χ3v) is 4.13. The van der Waals surface area contributed by atoms with E-state index in [1.165, 1.54) is 6.21 Å². The third-order valence-electron chi connectivity index (χ3n) is 4.13. The second-order valence-corrected chi connectivity index (χ2v) is 8.14. The summed E-state index contributed by atoms with van der Waals surface area (Å²) in [5, 5.41) is 11.2. The first-order valence-corrected chi connectivity index (χ1v) is 9.85. The highest BCUT2D eigenvalue weighted by Gasteiger charge is 2.19. The molecule has 0 radical (unpaired) electrons. The van der Waals surface area contributed by atoms with Gasteiger partial charge in [-0.25, -0.2) is 5.43 Å². The lowest BCUT2D eigenvalue weighted by Gasteiger charge is -2.19. The Morgan fingerprint density at radius 1 is 0.938 bits per heavy atom. The summed E-state index contributed by atoms with van der Waals surface area (Å²) < 4.78 is 5.44. The van der Waals surface area contributed by atoms with Crippen LogP contribution in [0.25, 0.3) is 0 Å². The maximum absolute atomic E-state index is 12.0. The van der Waals surface area contributed by atoms with E-state index in [0.717, 1.165) is 11.1 Å². The molecule has 10 heteroatoms. The number of hydrogen-bond donors (Lipinski definition) is 4. The first-order valence-electron chi connectivity index (χ1n) is 9.85. The highest BCUT2D eigenvalue weighted by Crippen LogP contribution is 2.14. The third kappa shape index (κ3) is 7.71. The molecule has 0 aliphatic rings. The standard InChI is InChI=1S/C22H27N5O5/c1-13-6-7-15(10-14(13)2)25-19(29)18(28)23-11-16-8-9-17(32-16)12-24-27-21(31)20(30)26-22(3,4)5/h6-10,12H,11H2,1-5H3,(H,23,28)(H,25,29)(H,26,30)(H,27,31)/b24-12+. The van der Waals surface area contributed by atoms with Crippen molar-refractivity contribution in [2.24, 2.45) is 5.10 Å². The second-order valence-electron chi connectivity index (χ2n) is 8.14. The van der Waals surface area contributed by atoms with Crippen molar-refractivity contribution >= 4 is 35.5 Å². The van der Waals surface area contributed by atoms with Crippen molar-refractivity contribution in [2.45, 2.75) is 46.7 Å². The number of rotatable bonds is 5. The first kappa shape index (κ1) is 24.3. The number of benzene rings is 1. The summed E-state index contributed by atoms with van der Waals surface area (Å²) in [6.07, 6.45) is 1.21. The molecule has 4 N–H and O–H groups in total. The zero-order valence-electron chi connectivity index (χ0n) is 18.7. The SMILES string of the molecule is Cc1ccc(NC(=O)C(=O)NCc2ccc(/C=N/NC(=O)C(=O)NC(C)(C)C)o2)cc1C. The number of aryl methyl sites for hydroxylation is 2. The first-order chi connectivity index (χ1) is 14.9. The largest absolute Gasteiger partial charge is 0.458 e. The van der Waals surface area contributed by atoms with Crippen molar-refractivity contribution in [3.8, 4) is 0 Å². The van der Waals surface area contributed by atoms with E-state index < -0.39 is 29.2 Å². The van der Waals surface area contributed by atoms with E-state index in [4.69, 9.17) is 4.42 Å². The molecule has 0 spiro atoms. The number of anilines is 1. The van der Waals surface area contributed by atoms with E-state index in [2.05, 4.69) is 26.5 Å². The van der Waals surface area contributed by atoms with Gasteiger partial charge in [0.15, 0.2) is 0 Å². The summed E-state index contributed by atoms with van der Waals surface area (Å²) in [4.78, 5) is 47.4. The van der Waals surface area contributed by atoms with Gasteiger partial charge in [-0.15, -0.1) is 0 Å². The van der Waals surface area contributed by atoms with Gasteiger partial charge < -0.3 is 20.4 Å². The van der Waals surface area contributed by atoms with Gasteiger partial charge in [-0.05, 0) is 70.0 Å². The molecule has 1 aromatic heterocycles. The van der Waals surface area contributed by atoms with Crippen LogP contribution in [0.4, 0.5) is 5.69 Å². The lowest BCUT2D eigenvalue weighted by Crippen LogP contribution is -2.47. The van der Waals surface area contributed by atoms with Crippen LogP contribution < -0.4 is 21.4 Å². The number of nitrogens with zero attached hydrogens (tertiary/aromatic N) is 1. The van der Waals surface area contributed by atoms with Gasteiger partial charge in [0.05, 0.1) is 12.8 Å². The van der Waals surface area contributed by atoms with E-state index in [-0.39, 0.29) is 12.3 Å². The molecule has 0 aliphatic heterocycles. The fourth-order valence-electron chi connectivity index (χ4n) is 2.42. The van der Waals surface area contributed by atoms with Gasteiger partial charge in [0.2, 0.25) is 0 Å². The zero-order valence-corrected chi connectivity index (χ0v) is 18.7. The maximum atomic E-state index is 12.0. The second kappa shape index (κ2) is 10.4. The van der Waals surface area contributed by atoms with Crippen LogP contribution in [0.1, 0.15) is 43.4 Å². The molecule has 0 bridgehead atoms. The molecule has 0 saturated heterocycles. The number of carbonyl (C=O) groups excluding carboxylic acids is 4. The summed E-state index contributed by atoms with van der Waals surface area (Å²) in [5.41, 5.74) is 4.16. The van der Waals surface area contributed by atoms with Gasteiger partial charge in [-0.3, -0.25) is 19.2 Å². The van der Waals surface area contributed by atoms with E-state index in [0.29, 0.717) is 11.4 Å². The molecule has 1 heterocycles. The van der Waals surface area contributed by atoms with E-state index in [1.54, 1.807) is 45.0 Å². The van der Waals surface area contributed by atoms with Crippen LogP contribution in [-0.2, 0) is 25.7 Å². The molecule has 0 unspecified atom stereocenters. The van der Waals surface area contributed by atoms with Gasteiger partial charge in [-0.1, -0.05) is 6.07 Å². The van der Waals surface area contributed by atoms with Gasteiger partial charge in [0, 0.05) is 11.2 Å². The summed E-state index contributed by atoms with van der Waals surface area (Å²) in [6.45, 7) is 9.09. The highest BCUT2D eigenvalue weighted by atomic mass is 16.3. The Kier molecular flexibility index (Phi) is 7.89. The minimum atomic E-state index is -0.912. The number of furan rings is 1. The molecule has 1 aromatic carbocycles. The lowest BCUT2D eigenvalue weighted by atomic mass is 10.1. The Morgan fingerprint density at radius 2 is 1.66 bits per heavy atom. The Hall–Kier alpha value is -3.95. The normalized spacial score (nSPS) is 11.2. The Morgan fingerprint density at radius 3 is 2.31 bits per heavy atom. The summed E-state index contributed by atoms with van der Waals surface area (Å²) >= 11 is 0. The maximum Gasteiger partial charge on any atom is 0.329 e. The molecule has 4 amide bonds. The molecule has 32 heavy (non-hydrogen) atoms. The monoisotopic (exact) mass is 441 g/mol. The van der Waals surface area contributed by atoms with Crippen LogP contribution in [0.15, 0.2) is 39.9 Å². The van der Waals surface area contributed by atoms with Crippen LogP contribution in [0, 0.1) is 13.8 Å². The molecule has 0 saturated carbocycles. The van der Waals surface area contributed by atoms with Gasteiger partial charge >= 0.3 is 23.6 Å². The van der Waals surface area contributed by atoms with E-state index in [1.807, 2.05) is 19.9 Å². The van der Waals surface area contributed by atoms with Crippen LogP contribution in [0.2, 0.25) is 0 Å². The number of amides is 4. The quantitative estimate of drug-likeness (QED) is 0.316. The average Bonchev–Trinajstić information content (AvgIpc) is 3.15. The topological polar surface area (TPSA) is 142 Å². The summed E-state index contributed by atoms with van der Waals surface area (Å²) in [5.74, 6) is -2.67. The molecule has 0 fully saturated rings. The van der Waals surface area contributed by atoms with Crippen LogP contribution in [0.5, 0.6) is 0 Å². The molecule has 10 nitrogen and oxygen atoms in total. The number of nitrogens with one attached hydrogen (secondary N) is 4. The van der Waals surface area contributed by atoms with Crippen LogP contribution in [0.3, 0.4) is 0 Å². The van der Waals surface area contributed by atoms with Crippen molar-refractivity contribution in [3.63, 3.8) is 0 Å². The summed E-state index contributed by atoms with van der Waals surface area (Å²) in [7, 11) is 0. The Labute approximate surface area is 185 Å². The van der Waals surface area contributed by atoms with Crippen molar-refractivity contribution in [1.29, 1.82) is 0 Å². The molecule has 0 aliphatic carbocycles. The average molecular weight is 441 g/mol. The Balaban J connectivity index is 1.81. The van der Waals surface area contributed by atoms with Crippen molar-refractivity contribution in [2.75, 3.05) is 5.32 Å². The molecule has 0 atom stereocenters. The van der Waals surface area contributed by atoms with Crippen LogP contribution >= 0.6 is 0 Å². The molecular weight excluding hydrogens is 414 g/mol. The molecule has 170 valence electrons. The van der Waals surface area contributed by atoms with Crippen molar-refractivity contribution in [3.05, 3.63) is 53.0 Å². The molecule has 2 rings (SSSR count). The fourth-order valence-corrected chi connectivity index (χ4v) is 2.42. The predicted octanol–water partition coefficient (Wildman–Crippen LogP) is 1.52. The van der Waals surface area contributed by atoms with Gasteiger partial charge in [-0.2, -0.15) is 5.10 Å². The number of carbonyl (C=O) groups is 4. The minimum absolute atomic E-state index is 0.0205. The van der Waals surface area contributed by atoms with Crippen LogP contribution in [-0.4, -0.2) is 35.4 Å². The summed E-state index contributed by atoms with van der Waals surface area (Å²) in [6, 6.07) is 8.49. The lowest BCUT2D eigenvalue weighted by molar-refractivity contribution is -0.140. The zero-order chi connectivity index (χ0) is 23.9. The molecular formula is C22H27N5O5. The van der Waals surface area contributed by atoms with Crippen molar-refractivity contribution in [1.82, 2.24) is 16.1 Å². The fraction of sp³-hybridized carbons (Fsp3) is 0.318. The van der Waals surface area contributed by atoms with E-state index >= 15 is 0 Å². The Bertz CT molecular complexity index is 1050. The predicted molar refractivity (Wildman–Crippen MR) is 119 cm³/mol. The number of hydrogen-bond acceptors (Lipinski definition) is 6. The van der Waals surface area contributed by atoms with E-state index in [9.17, 15) is 19.2 Å². The van der Waals surface area contributed by atoms with Gasteiger partial charge in [0.1, 0.15) is 11.5 Å². The molecule has 2 aromatic rings. The van der Waals surface area contributed by atoms with Gasteiger partial charge in [0.25, 0.3) is 0 Å². The minimum Gasteiger partial charge on any atom is -0.458 e. The van der Waals surface area contributed by atoms with Crippen molar-refractivity contribution < 1.29 is 23.6 Å².